The molecule has 2 aromatic heterocycles. The lowest BCUT2D eigenvalue weighted by Gasteiger charge is -2.09. The number of aliphatic hydroxyl groups is 1. The molecule has 4 aromatic rings. The van der Waals surface area contributed by atoms with Crippen molar-refractivity contribution < 1.29 is 9.90 Å². The van der Waals surface area contributed by atoms with Gasteiger partial charge in [-0.1, -0.05) is 47.5 Å². The zero-order valence-electron chi connectivity index (χ0n) is 16.0. The average Bonchev–Trinajstić information content (AvgIpc) is 3.13. The summed E-state index contributed by atoms with van der Waals surface area (Å²) in [7, 11) is 0. The fraction of sp³-hybridized carbons (Fsp3) is 0.182. The SMILES string of the molecule is O=C(NCCNCCO)c1cc2c([nH]c3ccccc32)c(-c2ccc(Cl)c(Cl)c2)n1. The Morgan fingerprint density at radius 3 is 2.63 bits per heavy atom. The van der Waals surface area contributed by atoms with Crippen molar-refractivity contribution in [2.75, 3.05) is 26.2 Å². The van der Waals surface area contributed by atoms with Crippen LogP contribution in [0.25, 0.3) is 33.1 Å². The molecule has 1 amide bonds. The quantitative estimate of drug-likeness (QED) is 0.325. The number of amides is 1. The van der Waals surface area contributed by atoms with Crippen molar-refractivity contribution in [3.63, 3.8) is 0 Å². The number of para-hydroxylation sites is 1. The molecule has 0 saturated heterocycles. The number of hydrogen-bond acceptors (Lipinski definition) is 4. The summed E-state index contributed by atoms with van der Waals surface area (Å²) in [6.07, 6.45) is 0. The fourth-order valence-electron chi connectivity index (χ4n) is 3.37. The van der Waals surface area contributed by atoms with E-state index in [1.165, 1.54) is 0 Å². The Morgan fingerprint density at radius 1 is 1.00 bits per heavy atom. The predicted octanol–water partition coefficient (Wildman–Crippen LogP) is 4.00. The third kappa shape index (κ3) is 4.13. The summed E-state index contributed by atoms with van der Waals surface area (Å²) in [4.78, 5) is 20.8. The maximum Gasteiger partial charge on any atom is 0.269 e. The highest BCUT2D eigenvalue weighted by molar-refractivity contribution is 6.42. The molecule has 0 fully saturated rings. The molecule has 4 rings (SSSR count). The number of fused-ring (bicyclic) bond motifs is 3. The van der Waals surface area contributed by atoms with Crippen LogP contribution in [0.15, 0.2) is 48.5 Å². The third-order valence-electron chi connectivity index (χ3n) is 4.80. The number of hydrogen-bond donors (Lipinski definition) is 4. The summed E-state index contributed by atoms with van der Waals surface area (Å²) in [5, 5.41) is 17.5. The number of nitrogens with one attached hydrogen (secondary N) is 3. The number of benzene rings is 2. The number of aliphatic hydroxyl groups excluding tert-OH is 1. The second-order valence-electron chi connectivity index (χ2n) is 6.81. The molecule has 0 atom stereocenters. The van der Waals surface area contributed by atoms with Crippen molar-refractivity contribution in [1.29, 1.82) is 0 Å². The van der Waals surface area contributed by atoms with Gasteiger partial charge in [0.1, 0.15) is 5.69 Å². The van der Waals surface area contributed by atoms with Gasteiger partial charge in [0.2, 0.25) is 0 Å². The first-order valence-corrected chi connectivity index (χ1v) is 10.3. The molecule has 4 N–H and O–H groups in total. The summed E-state index contributed by atoms with van der Waals surface area (Å²) in [5.74, 6) is -0.269. The topological polar surface area (TPSA) is 90.0 Å². The van der Waals surface area contributed by atoms with Crippen molar-refractivity contribution in [3.05, 3.63) is 64.3 Å². The molecule has 30 heavy (non-hydrogen) atoms. The number of H-pyrrole nitrogens is 1. The molecule has 0 bridgehead atoms. The second-order valence-corrected chi connectivity index (χ2v) is 7.62. The van der Waals surface area contributed by atoms with E-state index in [4.69, 9.17) is 28.3 Å². The van der Waals surface area contributed by atoms with Crippen LogP contribution in [0.5, 0.6) is 0 Å². The highest BCUT2D eigenvalue weighted by Crippen LogP contribution is 2.35. The van der Waals surface area contributed by atoms with Crippen molar-refractivity contribution in [2.45, 2.75) is 0 Å². The number of pyridine rings is 1. The smallest absolute Gasteiger partial charge is 0.269 e. The highest BCUT2D eigenvalue weighted by atomic mass is 35.5. The molecule has 2 heterocycles. The van der Waals surface area contributed by atoms with Crippen molar-refractivity contribution >= 4 is 50.9 Å². The van der Waals surface area contributed by atoms with Crippen LogP contribution in [-0.2, 0) is 0 Å². The number of aromatic nitrogens is 2. The van der Waals surface area contributed by atoms with Crippen molar-refractivity contribution in [1.82, 2.24) is 20.6 Å². The maximum absolute atomic E-state index is 12.8. The first kappa shape index (κ1) is 20.6. The Balaban J connectivity index is 1.78. The minimum Gasteiger partial charge on any atom is -0.395 e. The van der Waals surface area contributed by atoms with E-state index in [9.17, 15) is 4.79 Å². The zero-order chi connectivity index (χ0) is 21.1. The van der Waals surface area contributed by atoms with Crippen LogP contribution < -0.4 is 10.6 Å². The molecular formula is C22H20Cl2N4O2. The van der Waals surface area contributed by atoms with E-state index in [0.717, 1.165) is 27.4 Å². The first-order chi connectivity index (χ1) is 14.6. The van der Waals surface area contributed by atoms with E-state index in [1.54, 1.807) is 18.2 Å². The van der Waals surface area contributed by atoms with Crippen LogP contribution in [0.3, 0.4) is 0 Å². The first-order valence-electron chi connectivity index (χ1n) is 9.55. The van der Waals surface area contributed by atoms with Crippen LogP contribution in [-0.4, -0.2) is 47.2 Å². The maximum atomic E-state index is 12.8. The lowest BCUT2D eigenvalue weighted by molar-refractivity contribution is 0.0949. The Kier molecular flexibility index (Phi) is 6.20. The predicted molar refractivity (Wildman–Crippen MR) is 121 cm³/mol. The number of halogens is 2. The normalized spacial score (nSPS) is 11.3. The summed E-state index contributed by atoms with van der Waals surface area (Å²) >= 11 is 12.3. The Labute approximate surface area is 183 Å². The van der Waals surface area contributed by atoms with Gasteiger partial charge in [-0.2, -0.15) is 0 Å². The molecule has 0 saturated carbocycles. The van der Waals surface area contributed by atoms with Gasteiger partial charge in [-0.05, 0) is 24.3 Å². The molecule has 0 aliphatic heterocycles. The number of carbonyl (C=O) groups excluding carboxylic acids is 1. The van der Waals surface area contributed by atoms with Gasteiger partial charge in [-0.3, -0.25) is 4.79 Å². The number of aromatic amines is 1. The van der Waals surface area contributed by atoms with E-state index >= 15 is 0 Å². The lowest BCUT2D eigenvalue weighted by Crippen LogP contribution is -2.33. The third-order valence-corrected chi connectivity index (χ3v) is 5.54. The fourth-order valence-corrected chi connectivity index (χ4v) is 3.67. The number of nitrogens with zero attached hydrogens (tertiary/aromatic N) is 1. The molecule has 0 radical (unpaired) electrons. The molecule has 2 aromatic carbocycles. The largest absolute Gasteiger partial charge is 0.395 e. The second kappa shape index (κ2) is 9.02. The van der Waals surface area contributed by atoms with Gasteiger partial charge in [-0.25, -0.2) is 4.98 Å². The molecule has 0 aliphatic carbocycles. The van der Waals surface area contributed by atoms with E-state index in [1.807, 2.05) is 30.3 Å². The van der Waals surface area contributed by atoms with E-state index in [-0.39, 0.29) is 12.5 Å². The molecule has 8 heteroatoms. The van der Waals surface area contributed by atoms with Gasteiger partial charge in [0, 0.05) is 41.5 Å². The Bertz CT molecular complexity index is 1220. The summed E-state index contributed by atoms with van der Waals surface area (Å²) < 4.78 is 0. The van der Waals surface area contributed by atoms with Crippen LogP contribution in [0, 0.1) is 0 Å². The summed E-state index contributed by atoms with van der Waals surface area (Å²) in [6.45, 7) is 1.52. The molecule has 0 aliphatic rings. The monoisotopic (exact) mass is 442 g/mol. The summed E-state index contributed by atoms with van der Waals surface area (Å²) in [6, 6.07) is 15.0. The van der Waals surface area contributed by atoms with Gasteiger partial charge in [-0.15, -0.1) is 0 Å². The molecule has 6 nitrogen and oxygen atoms in total. The average molecular weight is 443 g/mol. The molecular weight excluding hydrogens is 423 g/mol. The summed E-state index contributed by atoms with van der Waals surface area (Å²) in [5.41, 5.74) is 3.50. The van der Waals surface area contributed by atoms with Gasteiger partial charge in [0.05, 0.1) is 27.9 Å². The Morgan fingerprint density at radius 2 is 1.83 bits per heavy atom. The number of carbonyl (C=O) groups is 1. The van der Waals surface area contributed by atoms with Crippen LogP contribution in [0.4, 0.5) is 0 Å². The standard InChI is InChI=1S/C22H20Cl2N4O2/c23-16-6-5-13(11-17(16)24)20-21-15(14-3-1-2-4-18(14)27-21)12-19(28-20)22(30)26-8-7-25-9-10-29/h1-6,11-12,25,27,29H,7-10H2,(H,26,30). The zero-order valence-corrected chi connectivity index (χ0v) is 17.5. The van der Waals surface area contributed by atoms with Crippen LogP contribution >= 0.6 is 23.2 Å². The highest BCUT2D eigenvalue weighted by Gasteiger charge is 2.17. The van der Waals surface area contributed by atoms with Gasteiger partial charge >= 0.3 is 0 Å². The Hall–Kier alpha value is -2.64. The lowest BCUT2D eigenvalue weighted by atomic mass is 10.1. The molecule has 0 unspecified atom stereocenters. The molecule has 154 valence electrons. The molecule has 0 spiro atoms. The van der Waals surface area contributed by atoms with Crippen molar-refractivity contribution in [2.24, 2.45) is 0 Å². The van der Waals surface area contributed by atoms with Gasteiger partial charge in [0.15, 0.2) is 0 Å². The van der Waals surface area contributed by atoms with Gasteiger partial charge < -0.3 is 20.7 Å². The van der Waals surface area contributed by atoms with Crippen LogP contribution in [0.1, 0.15) is 10.5 Å². The van der Waals surface area contributed by atoms with Crippen LogP contribution in [0.2, 0.25) is 10.0 Å². The minimum atomic E-state index is -0.269. The minimum absolute atomic E-state index is 0.0553. The van der Waals surface area contributed by atoms with Gasteiger partial charge in [0.25, 0.3) is 5.91 Å². The van der Waals surface area contributed by atoms with E-state index in [0.29, 0.717) is 41.1 Å². The number of rotatable bonds is 7. The van der Waals surface area contributed by atoms with Crippen molar-refractivity contribution in [3.8, 4) is 11.3 Å². The van der Waals surface area contributed by atoms with E-state index in [2.05, 4.69) is 20.6 Å². The van der Waals surface area contributed by atoms with E-state index < -0.39 is 0 Å².